The van der Waals surface area contributed by atoms with E-state index in [4.69, 9.17) is 28.3 Å². The number of carboxylic acids is 1. The van der Waals surface area contributed by atoms with Crippen molar-refractivity contribution in [3.63, 3.8) is 0 Å². The smallest absolute Gasteiger partial charge is 0.335 e. The van der Waals surface area contributed by atoms with E-state index in [0.29, 0.717) is 30.6 Å². The molecule has 2 heterocycles. The maximum atomic E-state index is 12.8. The van der Waals surface area contributed by atoms with Crippen LogP contribution in [0.1, 0.15) is 60.6 Å². The van der Waals surface area contributed by atoms with Crippen molar-refractivity contribution >= 4 is 29.2 Å². The Labute approximate surface area is 187 Å². The lowest BCUT2D eigenvalue weighted by atomic mass is 10.1. The number of carbonyl (C=O) groups is 1. The highest BCUT2D eigenvalue weighted by atomic mass is 35.5. The van der Waals surface area contributed by atoms with Gasteiger partial charge in [0.25, 0.3) is 5.56 Å². The number of aromatic nitrogens is 1. The Hall–Kier alpha value is -1.82. The highest BCUT2D eigenvalue weighted by molar-refractivity contribution is 6.34. The van der Waals surface area contributed by atoms with Crippen molar-refractivity contribution in [3.8, 4) is 0 Å². The van der Waals surface area contributed by atoms with Crippen LogP contribution in [0.15, 0.2) is 35.1 Å². The van der Waals surface area contributed by atoms with Crippen LogP contribution in [-0.2, 0) is 19.5 Å². The normalized spacial score (nSPS) is 16.8. The van der Waals surface area contributed by atoms with Crippen LogP contribution in [0.5, 0.6) is 0 Å². The van der Waals surface area contributed by atoms with Gasteiger partial charge in [0.05, 0.1) is 16.3 Å². The molecule has 2 aromatic rings. The van der Waals surface area contributed by atoms with Gasteiger partial charge in [-0.2, -0.15) is 0 Å². The van der Waals surface area contributed by atoms with Gasteiger partial charge < -0.3 is 9.67 Å². The van der Waals surface area contributed by atoms with Crippen LogP contribution in [0, 0.1) is 0 Å². The second kappa shape index (κ2) is 10.5. The number of hydrogen-bond acceptors (Lipinski definition) is 3. The fourth-order valence-corrected chi connectivity index (χ4v) is 4.69. The molecule has 1 aromatic heterocycles. The number of unbranched alkanes of at least 4 members (excludes halogenated alkanes) is 1. The largest absolute Gasteiger partial charge is 0.478 e. The molecule has 7 heteroatoms. The van der Waals surface area contributed by atoms with Crippen LogP contribution >= 0.6 is 23.2 Å². The zero-order valence-electron chi connectivity index (χ0n) is 17.2. The van der Waals surface area contributed by atoms with Crippen LogP contribution in [0.4, 0.5) is 0 Å². The second-order valence-corrected chi connectivity index (χ2v) is 8.72. The number of hydrogen-bond donors (Lipinski definition) is 1. The quantitative estimate of drug-likeness (QED) is 0.566. The molecule has 0 radical (unpaired) electrons. The molecule has 3 rings (SSSR count). The highest BCUT2D eigenvalue weighted by Gasteiger charge is 2.26. The number of nitrogens with zero attached hydrogens (tertiary/aromatic N) is 2. The van der Waals surface area contributed by atoms with Gasteiger partial charge in [-0.05, 0) is 56.0 Å². The van der Waals surface area contributed by atoms with Crippen LogP contribution in [0.3, 0.4) is 0 Å². The van der Waals surface area contributed by atoms with Gasteiger partial charge in [0.15, 0.2) is 0 Å². The van der Waals surface area contributed by atoms with Gasteiger partial charge in [0.1, 0.15) is 5.02 Å². The topological polar surface area (TPSA) is 62.5 Å². The first-order chi connectivity index (χ1) is 14.4. The molecule has 0 amide bonds. The number of rotatable bonds is 9. The molecule has 0 saturated carbocycles. The summed E-state index contributed by atoms with van der Waals surface area (Å²) in [5.41, 5.74) is 1.77. The molecule has 162 valence electrons. The first-order valence-electron chi connectivity index (χ1n) is 10.5. The third kappa shape index (κ3) is 5.45. The summed E-state index contributed by atoms with van der Waals surface area (Å²) < 4.78 is 1.69. The zero-order valence-corrected chi connectivity index (χ0v) is 18.8. The predicted octanol–water partition coefficient (Wildman–Crippen LogP) is 5.25. The van der Waals surface area contributed by atoms with E-state index in [1.165, 1.54) is 32.1 Å². The summed E-state index contributed by atoms with van der Waals surface area (Å²) >= 11 is 12.7. The minimum absolute atomic E-state index is 0.119. The maximum absolute atomic E-state index is 12.8. The zero-order chi connectivity index (χ0) is 21.7. The fraction of sp³-hybridized carbons (Fsp3) is 0.478. The van der Waals surface area contributed by atoms with Gasteiger partial charge >= 0.3 is 5.97 Å². The average molecular weight is 451 g/mol. The van der Waals surface area contributed by atoms with E-state index in [9.17, 15) is 9.59 Å². The Bertz CT molecular complexity index is 941. The molecule has 1 saturated heterocycles. The van der Waals surface area contributed by atoms with Crippen molar-refractivity contribution in [2.45, 2.75) is 64.6 Å². The lowest BCUT2D eigenvalue weighted by Crippen LogP contribution is -2.33. The van der Waals surface area contributed by atoms with Gasteiger partial charge in [-0.15, -0.1) is 0 Å². The van der Waals surface area contributed by atoms with Gasteiger partial charge in [-0.25, -0.2) is 4.79 Å². The summed E-state index contributed by atoms with van der Waals surface area (Å²) in [5, 5.41) is 9.68. The first kappa shape index (κ1) is 22.9. The monoisotopic (exact) mass is 450 g/mol. The van der Waals surface area contributed by atoms with Crippen LogP contribution in [0.25, 0.3) is 0 Å². The Morgan fingerprint density at radius 1 is 1.20 bits per heavy atom. The average Bonchev–Trinajstić information content (AvgIpc) is 3.17. The van der Waals surface area contributed by atoms with Crippen LogP contribution < -0.4 is 5.56 Å². The number of halogens is 2. The lowest BCUT2D eigenvalue weighted by Gasteiger charge is -2.26. The van der Waals surface area contributed by atoms with E-state index in [1.807, 2.05) is 0 Å². The molecular weight excluding hydrogens is 423 g/mol. The Morgan fingerprint density at radius 3 is 2.60 bits per heavy atom. The molecule has 5 nitrogen and oxygen atoms in total. The van der Waals surface area contributed by atoms with E-state index in [-0.39, 0.29) is 16.1 Å². The second-order valence-electron chi connectivity index (χ2n) is 7.90. The summed E-state index contributed by atoms with van der Waals surface area (Å²) in [4.78, 5) is 26.3. The summed E-state index contributed by atoms with van der Waals surface area (Å²) in [5.74, 6) is -0.954. The van der Waals surface area contributed by atoms with Gasteiger partial charge in [-0.1, -0.05) is 55.1 Å². The molecule has 0 spiro atoms. The van der Waals surface area contributed by atoms with Crippen LogP contribution in [0.2, 0.25) is 10.0 Å². The van der Waals surface area contributed by atoms with Gasteiger partial charge in [0.2, 0.25) is 0 Å². The standard InChI is InChI=1S/C23H28Cl2N2O3/c1-2-3-5-18-6-4-12-26(18)15-21-19(24)14-20(25)22(28)27(21)13-11-16-7-9-17(10-8-16)23(29)30/h7-10,14,18H,2-6,11-13,15H2,1H3,(H,29,30)/t18-/m0/s1. The SMILES string of the molecule is CCCC[C@H]1CCCN1Cc1c(Cl)cc(Cl)c(=O)n1CCc1ccc(C(=O)O)cc1. The van der Waals surface area contributed by atoms with Gasteiger partial charge in [-0.3, -0.25) is 9.69 Å². The molecule has 0 bridgehead atoms. The molecule has 0 aliphatic carbocycles. The van der Waals surface area contributed by atoms with Crippen molar-refractivity contribution in [1.29, 1.82) is 0 Å². The minimum atomic E-state index is -0.954. The molecule has 1 atom stereocenters. The maximum Gasteiger partial charge on any atom is 0.335 e. The highest BCUT2D eigenvalue weighted by Crippen LogP contribution is 2.27. The fourth-order valence-electron chi connectivity index (χ4n) is 4.15. The number of benzene rings is 1. The number of pyridine rings is 1. The van der Waals surface area contributed by atoms with E-state index >= 15 is 0 Å². The Morgan fingerprint density at radius 2 is 1.93 bits per heavy atom. The Kier molecular flexibility index (Phi) is 7.98. The number of aryl methyl sites for hydroxylation is 1. The molecule has 0 unspecified atom stereocenters. The van der Waals surface area contributed by atoms with Crippen molar-refractivity contribution in [3.05, 3.63) is 67.6 Å². The molecule has 1 N–H and O–H groups in total. The van der Waals surface area contributed by atoms with Crippen molar-refractivity contribution in [2.75, 3.05) is 6.54 Å². The molecule has 1 aromatic carbocycles. The molecule has 30 heavy (non-hydrogen) atoms. The Balaban J connectivity index is 1.81. The summed E-state index contributed by atoms with van der Waals surface area (Å²) in [6, 6.07) is 8.80. The third-order valence-corrected chi connectivity index (χ3v) is 6.47. The van der Waals surface area contributed by atoms with Crippen molar-refractivity contribution in [1.82, 2.24) is 9.47 Å². The van der Waals surface area contributed by atoms with E-state index in [2.05, 4.69) is 11.8 Å². The van der Waals surface area contributed by atoms with E-state index < -0.39 is 5.97 Å². The molecular formula is C23H28Cl2N2O3. The number of aromatic carboxylic acids is 1. The van der Waals surface area contributed by atoms with Crippen molar-refractivity contribution < 1.29 is 9.90 Å². The first-order valence-corrected chi connectivity index (χ1v) is 11.3. The van der Waals surface area contributed by atoms with E-state index in [0.717, 1.165) is 17.8 Å². The predicted molar refractivity (Wildman–Crippen MR) is 121 cm³/mol. The summed E-state index contributed by atoms with van der Waals surface area (Å²) in [7, 11) is 0. The molecule has 1 aliphatic rings. The summed E-state index contributed by atoms with van der Waals surface area (Å²) in [6.07, 6.45) is 6.49. The van der Waals surface area contributed by atoms with Crippen LogP contribution in [-0.4, -0.2) is 33.1 Å². The number of carboxylic acid groups (broad SMARTS) is 1. The molecule has 1 fully saturated rings. The third-order valence-electron chi connectivity index (χ3n) is 5.87. The number of likely N-dealkylation sites (tertiary alicyclic amines) is 1. The molecule has 1 aliphatic heterocycles. The van der Waals surface area contributed by atoms with E-state index in [1.54, 1.807) is 34.9 Å². The summed E-state index contributed by atoms with van der Waals surface area (Å²) in [6.45, 7) is 4.29. The minimum Gasteiger partial charge on any atom is -0.478 e. The van der Waals surface area contributed by atoms with Gasteiger partial charge in [0, 0.05) is 19.1 Å². The lowest BCUT2D eigenvalue weighted by molar-refractivity contribution is 0.0697. The van der Waals surface area contributed by atoms with Crippen molar-refractivity contribution in [2.24, 2.45) is 0 Å².